The van der Waals surface area contributed by atoms with Gasteiger partial charge in [0.15, 0.2) is 0 Å². The maximum Gasteiger partial charge on any atom is 0.307 e. The molecule has 0 saturated carbocycles. The van der Waals surface area contributed by atoms with Gasteiger partial charge in [-0.05, 0) is 42.3 Å². The van der Waals surface area contributed by atoms with E-state index in [1.807, 2.05) is 36.4 Å². The van der Waals surface area contributed by atoms with Gasteiger partial charge in [0.1, 0.15) is 5.78 Å². The van der Waals surface area contributed by atoms with Gasteiger partial charge in [0, 0.05) is 15.4 Å². The van der Waals surface area contributed by atoms with Crippen LogP contribution in [-0.2, 0) is 22.4 Å². The van der Waals surface area contributed by atoms with Crippen LogP contribution in [0.25, 0.3) is 0 Å². The molecule has 0 aromatic heterocycles. The summed E-state index contributed by atoms with van der Waals surface area (Å²) in [5.74, 6) is -0.598. The van der Waals surface area contributed by atoms with Crippen LogP contribution >= 0.6 is 31.9 Å². The predicted octanol–water partition coefficient (Wildman–Crippen LogP) is 4.66. The largest absolute Gasteiger partial charge is 0.481 e. The van der Waals surface area contributed by atoms with Crippen LogP contribution in [-0.4, -0.2) is 16.9 Å². The number of carbonyl (C=O) groups excluding carboxylic acids is 1. The fourth-order valence-corrected chi connectivity index (χ4v) is 2.20. The molecule has 0 spiro atoms. The van der Waals surface area contributed by atoms with E-state index in [1.54, 1.807) is 19.1 Å². The molecule has 22 heavy (non-hydrogen) atoms. The summed E-state index contributed by atoms with van der Waals surface area (Å²) < 4.78 is 2.01. The Morgan fingerprint density at radius 3 is 1.50 bits per heavy atom. The second-order valence-electron chi connectivity index (χ2n) is 4.70. The van der Waals surface area contributed by atoms with E-state index in [0.29, 0.717) is 6.42 Å². The molecule has 0 aliphatic rings. The third kappa shape index (κ3) is 8.10. The molecular weight excluding hydrogens is 412 g/mol. The van der Waals surface area contributed by atoms with Crippen molar-refractivity contribution < 1.29 is 14.7 Å². The Morgan fingerprint density at radius 2 is 1.18 bits per heavy atom. The zero-order valence-electron chi connectivity index (χ0n) is 12.1. The van der Waals surface area contributed by atoms with Gasteiger partial charge in [0.05, 0.1) is 6.42 Å². The molecule has 0 unspecified atom stereocenters. The van der Waals surface area contributed by atoms with E-state index >= 15 is 0 Å². The lowest BCUT2D eigenvalue weighted by Crippen LogP contribution is -1.99. The highest BCUT2D eigenvalue weighted by molar-refractivity contribution is 9.10. The van der Waals surface area contributed by atoms with E-state index in [-0.39, 0.29) is 12.2 Å². The molecule has 2 aromatic rings. The summed E-state index contributed by atoms with van der Waals surface area (Å²) in [7, 11) is 0. The summed E-state index contributed by atoms with van der Waals surface area (Å²) in [5.41, 5.74) is 1.89. The number of hydrogen-bond donors (Lipinski definition) is 1. The maximum atomic E-state index is 10.7. The fraction of sp³-hybridized carbons (Fsp3) is 0.176. The van der Waals surface area contributed by atoms with Crippen LogP contribution in [0.5, 0.6) is 0 Å². The van der Waals surface area contributed by atoms with Crippen LogP contribution < -0.4 is 0 Å². The molecule has 1 N–H and O–H groups in total. The summed E-state index contributed by atoms with van der Waals surface area (Å²) in [4.78, 5) is 20.9. The molecule has 0 amide bonds. The van der Waals surface area contributed by atoms with Crippen molar-refractivity contribution in [2.75, 3.05) is 0 Å². The number of benzene rings is 2. The summed E-state index contributed by atoms with van der Waals surface area (Å²) in [6, 6.07) is 15.0. The maximum absolute atomic E-state index is 10.7. The van der Waals surface area contributed by atoms with Gasteiger partial charge in [-0.3, -0.25) is 9.59 Å². The number of carboxylic acid groups (broad SMARTS) is 1. The van der Waals surface area contributed by atoms with Crippen molar-refractivity contribution in [3.63, 3.8) is 0 Å². The number of hydrogen-bond acceptors (Lipinski definition) is 2. The van der Waals surface area contributed by atoms with Crippen molar-refractivity contribution in [1.29, 1.82) is 0 Å². The van der Waals surface area contributed by atoms with E-state index < -0.39 is 5.97 Å². The topological polar surface area (TPSA) is 54.4 Å². The lowest BCUT2D eigenvalue weighted by atomic mass is 10.1. The molecule has 0 bridgehead atoms. The highest BCUT2D eigenvalue weighted by Gasteiger charge is 1.98. The summed E-state index contributed by atoms with van der Waals surface area (Å²) in [6.07, 6.45) is 0.626. The SMILES string of the molecule is CC(=O)Cc1ccc(Br)cc1.O=C(O)Cc1ccc(Br)cc1. The molecular formula is C17H16Br2O3. The third-order valence-electron chi connectivity index (χ3n) is 2.63. The van der Waals surface area contributed by atoms with Gasteiger partial charge in [-0.25, -0.2) is 0 Å². The van der Waals surface area contributed by atoms with Gasteiger partial charge in [-0.2, -0.15) is 0 Å². The van der Waals surface area contributed by atoms with E-state index in [9.17, 15) is 9.59 Å². The molecule has 3 nitrogen and oxygen atoms in total. The smallest absolute Gasteiger partial charge is 0.307 e. The van der Waals surface area contributed by atoms with Crippen molar-refractivity contribution in [2.24, 2.45) is 0 Å². The lowest BCUT2D eigenvalue weighted by molar-refractivity contribution is -0.136. The van der Waals surface area contributed by atoms with Crippen molar-refractivity contribution in [2.45, 2.75) is 19.8 Å². The molecule has 0 fully saturated rings. The molecule has 0 radical (unpaired) electrons. The number of carbonyl (C=O) groups is 2. The number of rotatable bonds is 4. The Bertz CT molecular complexity index is 562. The van der Waals surface area contributed by atoms with Gasteiger partial charge in [-0.15, -0.1) is 0 Å². The Labute approximate surface area is 146 Å². The van der Waals surface area contributed by atoms with Gasteiger partial charge < -0.3 is 5.11 Å². The first-order valence-corrected chi connectivity index (χ1v) is 8.15. The number of aliphatic carboxylic acids is 1. The minimum atomic E-state index is -0.799. The number of ketones is 1. The van der Waals surface area contributed by atoms with Crippen LogP contribution in [0.3, 0.4) is 0 Å². The molecule has 0 aliphatic heterocycles. The minimum absolute atomic E-state index is 0.0906. The number of carboxylic acids is 1. The zero-order chi connectivity index (χ0) is 16.5. The van der Waals surface area contributed by atoms with Crippen LogP contribution in [0, 0.1) is 0 Å². The normalized spacial score (nSPS) is 9.59. The zero-order valence-corrected chi connectivity index (χ0v) is 15.2. The molecule has 2 rings (SSSR count). The van der Waals surface area contributed by atoms with Crippen molar-refractivity contribution >= 4 is 43.6 Å². The average molecular weight is 428 g/mol. The molecule has 0 heterocycles. The van der Waals surface area contributed by atoms with Crippen molar-refractivity contribution in [3.8, 4) is 0 Å². The second kappa shape index (κ2) is 9.54. The van der Waals surface area contributed by atoms with E-state index in [1.165, 1.54) is 0 Å². The fourth-order valence-electron chi connectivity index (χ4n) is 1.67. The molecule has 0 atom stereocenters. The highest BCUT2D eigenvalue weighted by Crippen LogP contribution is 2.11. The Morgan fingerprint density at radius 1 is 0.818 bits per heavy atom. The quantitative estimate of drug-likeness (QED) is 0.771. The first-order valence-electron chi connectivity index (χ1n) is 6.57. The average Bonchev–Trinajstić information content (AvgIpc) is 2.44. The Kier molecular flexibility index (Phi) is 8.06. The van der Waals surface area contributed by atoms with E-state index in [2.05, 4.69) is 31.9 Å². The molecule has 0 aliphatic carbocycles. The highest BCUT2D eigenvalue weighted by atomic mass is 79.9. The molecule has 5 heteroatoms. The van der Waals surface area contributed by atoms with Gasteiger partial charge in [0.25, 0.3) is 0 Å². The van der Waals surface area contributed by atoms with Crippen LogP contribution in [0.2, 0.25) is 0 Å². The first kappa shape index (κ1) is 18.6. The van der Waals surface area contributed by atoms with Gasteiger partial charge in [0.2, 0.25) is 0 Å². The summed E-state index contributed by atoms with van der Waals surface area (Å²) >= 11 is 6.59. The Hall–Kier alpha value is -1.46. The van der Waals surface area contributed by atoms with Gasteiger partial charge >= 0.3 is 5.97 Å². The van der Waals surface area contributed by atoms with Gasteiger partial charge in [-0.1, -0.05) is 56.1 Å². The lowest BCUT2D eigenvalue weighted by Gasteiger charge is -1.96. The second-order valence-corrected chi connectivity index (χ2v) is 6.53. The van der Waals surface area contributed by atoms with Crippen LogP contribution in [0.4, 0.5) is 0 Å². The Balaban J connectivity index is 0.000000220. The van der Waals surface area contributed by atoms with E-state index in [4.69, 9.17) is 5.11 Å². The van der Waals surface area contributed by atoms with Crippen LogP contribution in [0.15, 0.2) is 57.5 Å². The van der Waals surface area contributed by atoms with Crippen LogP contribution in [0.1, 0.15) is 18.1 Å². The first-order chi connectivity index (χ1) is 10.4. The number of halogens is 2. The monoisotopic (exact) mass is 426 g/mol. The minimum Gasteiger partial charge on any atom is -0.481 e. The standard InChI is InChI=1S/C9H9BrO.C8H7BrO2/c1-7(11)6-8-2-4-9(10)5-3-8;9-7-3-1-6(2-4-7)5-8(10)11/h2-5H,6H2,1H3;1-4H,5H2,(H,10,11). The molecule has 116 valence electrons. The predicted molar refractivity (Wildman–Crippen MR) is 94.0 cm³/mol. The molecule has 2 aromatic carbocycles. The molecule has 0 saturated heterocycles. The van der Waals surface area contributed by atoms with Crippen molar-refractivity contribution in [3.05, 3.63) is 68.6 Å². The summed E-state index contributed by atoms with van der Waals surface area (Å²) in [6.45, 7) is 1.60. The number of Topliss-reactive ketones (excluding diaryl/α,β-unsaturated/α-hetero) is 1. The third-order valence-corrected chi connectivity index (χ3v) is 3.69. The van der Waals surface area contributed by atoms with Crippen molar-refractivity contribution in [1.82, 2.24) is 0 Å². The van der Waals surface area contributed by atoms with E-state index in [0.717, 1.165) is 20.1 Å². The summed E-state index contributed by atoms with van der Waals surface area (Å²) in [5, 5.41) is 8.42.